The average molecular weight is 312 g/mol. The normalized spacial score (nSPS) is 14.6. The van der Waals surface area contributed by atoms with Crippen LogP contribution in [0.4, 0.5) is 0 Å². The van der Waals surface area contributed by atoms with Gasteiger partial charge in [0.2, 0.25) is 0 Å². The van der Waals surface area contributed by atoms with E-state index in [2.05, 4.69) is 0 Å². The molecule has 1 N–H and O–H groups in total. The molecular formula is C14H20N2O4S. The molecule has 7 heteroatoms. The summed E-state index contributed by atoms with van der Waals surface area (Å²) in [5.74, 6) is 0. The largest absolute Gasteiger partial charge is 0.387 e. The van der Waals surface area contributed by atoms with Crippen LogP contribution < -0.4 is 5.69 Å². The van der Waals surface area contributed by atoms with Gasteiger partial charge in [-0.3, -0.25) is 9.13 Å². The zero-order chi connectivity index (χ0) is 16.2. The smallest absolute Gasteiger partial charge is 0.328 e. The maximum Gasteiger partial charge on any atom is 0.328 e. The van der Waals surface area contributed by atoms with Crippen LogP contribution in [0, 0.1) is 0 Å². The minimum atomic E-state index is -3.44. The van der Waals surface area contributed by atoms with Crippen LogP contribution in [-0.4, -0.2) is 33.7 Å². The summed E-state index contributed by atoms with van der Waals surface area (Å²) in [6.45, 7) is 2.97. The van der Waals surface area contributed by atoms with Crippen LogP contribution >= 0.6 is 0 Å². The minimum Gasteiger partial charge on any atom is -0.387 e. The van der Waals surface area contributed by atoms with E-state index in [0.29, 0.717) is 11.1 Å². The van der Waals surface area contributed by atoms with E-state index in [1.807, 2.05) is 0 Å². The molecule has 0 radical (unpaired) electrons. The summed E-state index contributed by atoms with van der Waals surface area (Å²) in [6.07, 6.45) is -0.0697. The van der Waals surface area contributed by atoms with Crippen LogP contribution in [0.2, 0.25) is 0 Å². The molecule has 0 spiro atoms. The molecule has 0 saturated carbocycles. The lowest BCUT2D eigenvalue weighted by Gasteiger charge is -2.28. The van der Waals surface area contributed by atoms with Crippen molar-refractivity contribution in [3.05, 3.63) is 34.2 Å². The third kappa shape index (κ3) is 2.30. The Bertz CT molecular complexity index is 859. The highest BCUT2D eigenvalue weighted by Crippen LogP contribution is 2.33. The van der Waals surface area contributed by atoms with Crippen LogP contribution in [-0.2, 0) is 23.9 Å². The summed E-state index contributed by atoms with van der Waals surface area (Å²) in [4.78, 5) is 11.9. The predicted octanol–water partition coefficient (Wildman–Crippen LogP) is 0.734. The topological polar surface area (TPSA) is 81.3 Å². The lowest BCUT2D eigenvalue weighted by atomic mass is 9.98. The SMILES string of the molecule is Cn1c(=O)n(C)c2cc(C(O)C(C)(C)S(C)(=O)=O)ccc21. The number of aryl methyl sites for hydroxylation is 2. The van der Waals surface area contributed by atoms with E-state index in [1.54, 1.807) is 32.3 Å². The fourth-order valence-electron chi connectivity index (χ4n) is 2.30. The molecule has 1 heterocycles. The van der Waals surface area contributed by atoms with Gasteiger partial charge in [-0.15, -0.1) is 0 Å². The van der Waals surface area contributed by atoms with Gasteiger partial charge in [-0.05, 0) is 31.5 Å². The molecule has 21 heavy (non-hydrogen) atoms. The molecule has 116 valence electrons. The number of fused-ring (bicyclic) bond motifs is 1. The zero-order valence-corrected chi connectivity index (χ0v) is 13.6. The molecule has 2 rings (SSSR count). The zero-order valence-electron chi connectivity index (χ0n) is 12.8. The van der Waals surface area contributed by atoms with Crippen LogP contribution in [0.25, 0.3) is 11.0 Å². The first-order valence-electron chi connectivity index (χ1n) is 6.51. The molecule has 1 unspecified atom stereocenters. The van der Waals surface area contributed by atoms with Crippen LogP contribution in [0.3, 0.4) is 0 Å². The molecule has 0 aliphatic rings. The van der Waals surface area contributed by atoms with Crippen molar-refractivity contribution in [1.29, 1.82) is 0 Å². The van der Waals surface area contributed by atoms with E-state index in [0.717, 1.165) is 11.8 Å². The number of rotatable bonds is 3. The number of aliphatic hydroxyl groups is 1. The van der Waals surface area contributed by atoms with Crippen molar-refractivity contribution in [3.8, 4) is 0 Å². The molecule has 0 amide bonds. The third-order valence-electron chi connectivity index (χ3n) is 4.23. The van der Waals surface area contributed by atoms with E-state index >= 15 is 0 Å². The second-order valence-corrected chi connectivity index (χ2v) is 8.52. The average Bonchev–Trinajstić information content (AvgIpc) is 2.61. The second kappa shape index (κ2) is 4.71. The molecule has 6 nitrogen and oxygen atoms in total. The minimum absolute atomic E-state index is 0.168. The van der Waals surface area contributed by atoms with Crippen molar-refractivity contribution in [2.24, 2.45) is 14.1 Å². The Kier molecular flexibility index (Phi) is 3.54. The van der Waals surface area contributed by atoms with Gasteiger partial charge in [0, 0.05) is 20.4 Å². The molecule has 0 fully saturated rings. The number of aromatic nitrogens is 2. The number of imidazole rings is 1. The van der Waals surface area contributed by atoms with E-state index in [4.69, 9.17) is 0 Å². The van der Waals surface area contributed by atoms with Crippen LogP contribution in [0.15, 0.2) is 23.0 Å². The van der Waals surface area contributed by atoms with Gasteiger partial charge in [0.15, 0.2) is 9.84 Å². The first-order valence-corrected chi connectivity index (χ1v) is 8.40. The highest BCUT2D eigenvalue weighted by Gasteiger charge is 2.39. The summed E-state index contributed by atoms with van der Waals surface area (Å²) in [6, 6.07) is 5.03. The fraction of sp³-hybridized carbons (Fsp3) is 0.500. The molecular weight excluding hydrogens is 292 g/mol. The van der Waals surface area contributed by atoms with Crippen molar-refractivity contribution in [2.45, 2.75) is 24.7 Å². The van der Waals surface area contributed by atoms with Gasteiger partial charge in [0.1, 0.15) is 0 Å². The number of nitrogens with zero attached hydrogens (tertiary/aromatic N) is 2. The predicted molar refractivity (Wildman–Crippen MR) is 82.0 cm³/mol. The second-order valence-electron chi connectivity index (χ2n) is 5.93. The maximum atomic E-state index is 11.9. The Morgan fingerprint density at radius 1 is 1.14 bits per heavy atom. The number of sulfone groups is 1. The Labute approximate surface area is 123 Å². The molecule has 1 atom stereocenters. The van der Waals surface area contributed by atoms with E-state index in [1.165, 1.54) is 23.0 Å². The lowest BCUT2D eigenvalue weighted by molar-refractivity contribution is 0.139. The molecule has 2 aromatic rings. The van der Waals surface area contributed by atoms with Crippen molar-refractivity contribution < 1.29 is 13.5 Å². The van der Waals surface area contributed by atoms with Gasteiger partial charge < -0.3 is 5.11 Å². The van der Waals surface area contributed by atoms with Gasteiger partial charge in [-0.1, -0.05) is 6.07 Å². The number of hydrogen-bond acceptors (Lipinski definition) is 4. The van der Waals surface area contributed by atoms with Crippen molar-refractivity contribution >= 4 is 20.9 Å². The standard InChI is InChI=1S/C14H20N2O4S/c1-14(2,21(5,19)20)12(17)9-6-7-10-11(8-9)16(4)13(18)15(10)3/h6-8,12,17H,1-5H3. The van der Waals surface area contributed by atoms with Gasteiger partial charge >= 0.3 is 5.69 Å². The summed E-state index contributed by atoms with van der Waals surface area (Å²) in [5.41, 5.74) is 1.69. The summed E-state index contributed by atoms with van der Waals surface area (Å²) in [5, 5.41) is 10.4. The molecule has 0 bridgehead atoms. The van der Waals surface area contributed by atoms with E-state index in [-0.39, 0.29) is 5.69 Å². The van der Waals surface area contributed by atoms with E-state index in [9.17, 15) is 18.3 Å². The summed E-state index contributed by atoms with van der Waals surface area (Å²) < 4.78 is 25.3. The summed E-state index contributed by atoms with van der Waals surface area (Å²) >= 11 is 0. The van der Waals surface area contributed by atoms with Gasteiger partial charge in [0.25, 0.3) is 0 Å². The number of benzene rings is 1. The first-order chi connectivity index (χ1) is 9.48. The van der Waals surface area contributed by atoms with Crippen LogP contribution in [0.1, 0.15) is 25.5 Å². The van der Waals surface area contributed by atoms with Crippen molar-refractivity contribution in [1.82, 2.24) is 9.13 Å². The number of hydrogen-bond donors (Lipinski definition) is 1. The highest BCUT2D eigenvalue weighted by atomic mass is 32.2. The first kappa shape index (κ1) is 15.8. The maximum absolute atomic E-state index is 11.9. The number of aliphatic hydroxyl groups excluding tert-OH is 1. The Morgan fingerprint density at radius 3 is 2.19 bits per heavy atom. The van der Waals surface area contributed by atoms with Gasteiger partial charge in [-0.25, -0.2) is 13.2 Å². The molecule has 0 saturated heterocycles. The van der Waals surface area contributed by atoms with Crippen molar-refractivity contribution in [3.63, 3.8) is 0 Å². The quantitative estimate of drug-likeness (QED) is 0.906. The van der Waals surface area contributed by atoms with Gasteiger partial charge in [0.05, 0.1) is 21.9 Å². The molecule has 1 aromatic carbocycles. The molecule has 0 aliphatic carbocycles. The van der Waals surface area contributed by atoms with Crippen LogP contribution in [0.5, 0.6) is 0 Å². The lowest BCUT2D eigenvalue weighted by Crippen LogP contribution is -2.37. The Morgan fingerprint density at radius 2 is 1.67 bits per heavy atom. The molecule has 1 aromatic heterocycles. The third-order valence-corrected chi connectivity index (χ3v) is 6.36. The van der Waals surface area contributed by atoms with Gasteiger partial charge in [-0.2, -0.15) is 0 Å². The Hall–Kier alpha value is -1.60. The monoisotopic (exact) mass is 312 g/mol. The highest BCUT2D eigenvalue weighted by molar-refractivity contribution is 7.92. The van der Waals surface area contributed by atoms with E-state index < -0.39 is 20.7 Å². The fourth-order valence-corrected chi connectivity index (χ4v) is 2.84. The van der Waals surface area contributed by atoms with Crippen molar-refractivity contribution in [2.75, 3.05) is 6.26 Å². The Balaban J connectivity index is 2.64. The molecule has 0 aliphatic heterocycles. The summed E-state index contributed by atoms with van der Waals surface area (Å²) in [7, 11) is -0.131.